The Morgan fingerprint density at radius 2 is 1.91 bits per heavy atom. The number of rotatable bonds is 4. The van der Waals surface area contributed by atoms with Gasteiger partial charge in [0.2, 0.25) is 0 Å². The monoisotopic (exact) mass is 194 g/mol. The average Bonchev–Trinajstić information content (AvgIpc) is 1.86. The maximum atomic E-state index is 6.18. The van der Waals surface area contributed by atoms with Gasteiger partial charge in [-0.25, -0.2) is 0 Å². The largest absolute Gasteiger partial charge is 0.165 e. The second kappa shape index (κ2) is 5.31. The molecule has 0 nitrogen and oxygen atoms in total. The zero-order chi connectivity index (χ0) is 8.91. The highest BCUT2D eigenvalue weighted by Crippen LogP contribution is 2.28. The fraction of sp³-hybridized carbons (Fsp3) is 1.00. The van der Waals surface area contributed by atoms with Gasteiger partial charge in [0.1, 0.15) is 0 Å². The van der Waals surface area contributed by atoms with Crippen molar-refractivity contribution in [3.63, 3.8) is 0 Å². The minimum Gasteiger partial charge on any atom is -0.165 e. The van der Waals surface area contributed by atoms with Gasteiger partial charge < -0.3 is 0 Å². The zero-order valence-corrected chi connectivity index (χ0v) is 9.56. The maximum absolute atomic E-state index is 6.18. The van der Waals surface area contributed by atoms with Gasteiger partial charge in [0.05, 0.1) is 0 Å². The van der Waals surface area contributed by atoms with Gasteiger partial charge >= 0.3 is 0 Å². The van der Waals surface area contributed by atoms with Gasteiger partial charge in [-0.2, -0.15) is 11.8 Å². The van der Waals surface area contributed by atoms with Crippen LogP contribution in [0.4, 0.5) is 0 Å². The van der Waals surface area contributed by atoms with Crippen LogP contribution < -0.4 is 0 Å². The fourth-order valence-electron chi connectivity index (χ4n) is 0.840. The van der Waals surface area contributed by atoms with Crippen molar-refractivity contribution in [2.75, 3.05) is 12.0 Å². The number of halogens is 1. The smallest absolute Gasteiger partial charge is 0.0384 e. The van der Waals surface area contributed by atoms with E-state index in [0.29, 0.717) is 5.38 Å². The predicted molar refractivity (Wildman–Crippen MR) is 56.7 cm³/mol. The summed E-state index contributed by atoms with van der Waals surface area (Å²) in [5, 5.41) is 0.328. The molecule has 0 aromatic heterocycles. The molecule has 1 unspecified atom stereocenters. The first-order valence-corrected chi connectivity index (χ1v) is 5.94. The Morgan fingerprint density at radius 3 is 2.27 bits per heavy atom. The van der Waals surface area contributed by atoms with Crippen LogP contribution >= 0.6 is 23.4 Å². The van der Waals surface area contributed by atoms with Crippen molar-refractivity contribution in [2.24, 2.45) is 5.41 Å². The standard InChI is InChI=1S/C9H19ClS/c1-9(2,3)8(10)6-5-7-11-4/h8H,5-7H2,1-4H3. The van der Waals surface area contributed by atoms with Crippen molar-refractivity contribution in [2.45, 2.75) is 39.0 Å². The van der Waals surface area contributed by atoms with E-state index < -0.39 is 0 Å². The van der Waals surface area contributed by atoms with E-state index in [0.717, 1.165) is 6.42 Å². The van der Waals surface area contributed by atoms with E-state index in [2.05, 4.69) is 27.0 Å². The van der Waals surface area contributed by atoms with Crippen LogP contribution in [0.2, 0.25) is 0 Å². The van der Waals surface area contributed by atoms with Crippen LogP contribution in [0.25, 0.3) is 0 Å². The Morgan fingerprint density at radius 1 is 1.36 bits per heavy atom. The van der Waals surface area contributed by atoms with Gasteiger partial charge in [0.15, 0.2) is 0 Å². The molecule has 0 amide bonds. The summed E-state index contributed by atoms with van der Waals surface area (Å²) in [4.78, 5) is 0. The van der Waals surface area contributed by atoms with E-state index in [-0.39, 0.29) is 5.41 Å². The van der Waals surface area contributed by atoms with Crippen LogP contribution in [0.5, 0.6) is 0 Å². The molecule has 0 aliphatic rings. The summed E-state index contributed by atoms with van der Waals surface area (Å²) < 4.78 is 0. The molecular formula is C9H19ClS. The SMILES string of the molecule is CSCCCC(Cl)C(C)(C)C. The normalized spacial score (nSPS) is 15.0. The molecule has 1 atom stereocenters. The van der Waals surface area contributed by atoms with Crippen molar-refractivity contribution in [1.29, 1.82) is 0 Å². The molecule has 0 spiro atoms. The Labute approximate surface area is 80.1 Å². The molecule has 0 aromatic carbocycles. The lowest BCUT2D eigenvalue weighted by molar-refractivity contribution is 0.372. The Balaban J connectivity index is 3.44. The molecule has 0 aliphatic heterocycles. The van der Waals surface area contributed by atoms with Crippen molar-refractivity contribution >= 4 is 23.4 Å². The van der Waals surface area contributed by atoms with E-state index in [1.165, 1.54) is 12.2 Å². The minimum absolute atomic E-state index is 0.264. The summed E-state index contributed by atoms with van der Waals surface area (Å²) in [7, 11) is 0. The molecule has 0 N–H and O–H groups in total. The highest BCUT2D eigenvalue weighted by Gasteiger charge is 2.21. The first-order valence-electron chi connectivity index (χ1n) is 4.11. The molecule has 0 saturated carbocycles. The van der Waals surface area contributed by atoms with E-state index >= 15 is 0 Å². The third-order valence-electron chi connectivity index (χ3n) is 1.75. The fourth-order valence-corrected chi connectivity index (χ4v) is 1.45. The van der Waals surface area contributed by atoms with Crippen LogP contribution in [-0.2, 0) is 0 Å². The van der Waals surface area contributed by atoms with Crippen molar-refractivity contribution in [3.8, 4) is 0 Å². The Hall–Kier alpha value is 0.640. The second-order valence-electron chi connectivity index (χ2n) is 3.97. The topological polar surface area (TPSA) is 0 Å². The molecule has 11 heavy (non-hydrogen) atoms. The third-order valence-corrected chi connectivity index (χ3v) is 3.32. The predicted octanol–water partition coefficient (Wildman–Crippen LogP) is 3.78. The maximum Gasteiger partial charge on any atom is 0.0384 e. The van der Waals surface area contributed by atoms with E-state index in [4.69, 9.17) is 11.6 Å². The summed E-state index contributed by atoms with van der Waals surface area (Å²) >= 11 is 8.08. The molecule has 0 saturated heterocycles. The molecular weight excluding hydrogens is 176 g/mol. The van der Waals surface area contributed by atoms with Gasteiger partial charge in [0.25, 0.3) is 0 Å². The van der Waals surface area contributed by atoms with Crippen LogP contribution in [0, 0.1) is 5.41 Å². The molecule has 0 fully saturated rings. The lowest BCUT2D eigenvalue weighted by Gasteiger charge is -2.24. The molecule has 0 aromatic rings. The average molecular weight is 195 g/mol. The van der Waals surface area contributed by atoms with Crippen LogP contribution in [0.3, 0.4) is 0 Å². The highest BCUT2D eigenvalue weighted by atomic mass is 35.5. The number of hydrogen-bond acceptors (Lipinski definition) is 1. The summed E-state index contributed by atoms with van der Waals surface area (Å²) in [6.45, 7) is 6.59. The number of alkyl halides is 1. The Kier molecular flexibility index (Phi) is 5.62. The summed E-state index contributed by atoms with van der Waals surface area (Å²) in [5.41, 5.74) is 0.264. The van der Waals surface area contributed by atoms with Gasteiger partial charge in [-0.15, -0.1) is 11.6 Å². The van der Waals surface area contributed by atoms with Crippen LogP contribution in [-0.4, -0.2) is 17.4 Å². The molecule has 0 bridgehead atoms. The minimum atomic E-state index is 0.264. The van der Waals surface area contributed by atoms with E-state index in [1.807, 2.05) is 11.8 Å². The highest BCUT2D eigenvalue weighted by molar-refractivity contribution is 7.98. The molecule has 0 rings (SSSR count). The summed E-state index contributed by atoms with van der Waals surface area (Å²) in [6, 6.07) is 0. The van der Waals surface area contributed by atoms with Crippen molar-refractivity contribution in [1.82, 2.24) is 0 Å². The van der Waals surface area contributed by atoms with Gasteiger partial charge in [-0.3, -0.25) is 0 Å². The zero-order valence-electron chi connectivity index (χ0n) is 7.98. The van der Waals surface area contributed by atoms with Gasteiger partial charge in [-0.05, 0) is 30.3 Å². The van der Waals surface area contributed by atoms with Gasteiger partial charge in [0, 0.05) is 5.38 Å². The van der Waals surface area contributed by atoms with Gasteiger partial charge in [-0.1, -0.05) is 20.8 Å². The Bertz CT molecular complexity index is 96.2. The van der Waals surface area contributed by atoms with E-state index in [9.17, 15) is 0 Å². The molecule has 0 radical (unpaired) electrons. The molecule has 68 valence electrons. The lowest BCUT2D eigenvalue weighted by atomic mass is 9.89. The second-order valence-corrected chi connectivity index (χ2v) is 5.48. The van der Waals surface area contributed by atoms with Crippen molar-refractivity contribution < 1.29 is 0 Å². The lowest BCUT2D eigenvalue weighted by Crippen LogP contribution is -2.20. The molecule has 0 heterocycles. The quantitative estimate of drug-likeness (QED) is 0.485. The first-order chi connectivity index (χ1) is 4.98. The third kappa shape index (κ3) is 5.86. The van der Waals surface area contributed by atoms with Crippen molar-refractivity contribution in [3.05, 3.63) is 0 Å². The first kappa shape index (κ1) is 11.6. The number of hydrogen-bond donors (Lipinski definition) is 0. The summed E-state index contributed by atoms with van der Waals surface area (Å²) in [5.74, 6) is 1.24. The van der Waals surface area contributed by atoms with E-state index in [1.54, 1.807) is 0 Å². The summed E-state index contributed by atoms with van der Waals surface area (Å²) in [6.07, 6.45) is 4.53. The number of thioether (sulfide) groups is 1. The van der Waals surface area contributed by atoms with Crippen LogP contribution in [0.1, 0.15) is 33.6 Å². The molecule has 0 aliphatic carbocycles. The molecule has 2 heteroatoms. The van der Waals surface area contributed by atoms with Crippen LogP contribution in [0.15, 0.2) is 0 Å².